The third-order valence-corrected chi connectivity index (χ3v) is 3.25. The zero-order valence-corrected chi connectivity index (χ0v) is 10.7. The Hall–Kier alpha value is -1.73. The summed E-state index contributed by atoms with van der Waals surface area (Å²) in [6.07, 6.45) is 0. The largest absolute Gasteiger partial charge is 0.481 e. The lowest BCUT2D eigenvalue weighted by Crippen LogP contribution is -2.27. The van der Waals surface area contributed by atoms with Crippen molar-refractivity contribution in [3.63, 3.8) is 0 Å². The molecule has 0 fully saturated rings. The molecule has 2 N–H and O–H groups in total. The number of carboxylic acids is 1. The van der Waals surface area contributed by atoms with E-state index in [0.29, 0.717) is 21.7 Å². The smallest absolute Gasteiger partial charge is 0.315 e. The predicted octanol–water partition coefficient (Wildman–Crippen LogP) is 2.00. The summed E-state index contributed by atoms with van der Waals surface area (Å²) in [4.78, 5) is 22.4. The van der Waals surface area contributed by atoms with Crippen LogP contribution in [0, 0.1) is 5.92 Å². The zero-order valence-electron chi connectivity index (χ0n) is 9.18. The number of carboxylic acid groups (broad SMARTS) is 1. The zero-order chi connectivity index (χ0) is 13.3. The molecule has 1 atom stereocenters. The Labute approximate surface area is 111 Å². The Morgan fingerprint density at radius 2 is 2.17 bits per heavy atom. The van der Waals surface area contributed by atoms with Crippen molar-refractivity contribution in [1.82, 2.24) is 8.75 Å². The van der Waals surface area contributed by atoms with Crippen LogP contribution in [0.3, 0.4) is 0 Å². The number of carbonyl (C=O) groups is 2. The third-order valence-electron chi connectivity index (χ3n) is 2.39. The van der Waals surface area contributed by atoms with Gasteiger partial charge >= 0.3 is 5.97 Å². The summed E-state index contributed by atoms with van der Waals surface area (Å²) in [7, 11) is 0. The van der Waals surface area contributed by atoms with Crippen molar-refractivity contribution in [2.45, 2.75) is 6.92 Å². The van der Waals surface area contributed by atoms with Crippen LogP contribution >= 0.6 is 23.3 Å². The maximum Gasteiger partial charge on any atom is 0.315 e. The fourth-order valence-electron chi connectivity index (χ4n) is 1.29. The lowest BCUT2D eigenvalue weighted by atomic mass is 10.1. The number of fused-ring (bicyclic) bond motifs is 1. The standard InChI is InChI=1S/C10H8ClN3O3S/c1-4(10(16)17)9(15)12-7-5(11)2-3-6-8(7)14-18-13-6/h2-4H,1H3,(H,12,15)(H,16,17). The summed E-state index contributed by atoms with van der Waals surface area (Å²) in [5.74, 6) is -3.01. The first kappa shape index (κ1) is 12.7. The van der Waals surface area contributed by atoms with E-state index in [2.05, 4.69) is 14.1 Å². The van der Waals surface area contributed by atoms with E-state index in [1.165, 1.54) is 6.92 Å². The monoisotopic (exact) mass is 285 g/mol. The number of hydrogen-bond acceptors (Lipinski definition) is 5. The van der Waals surface area contributed by atoms with Gasteiger partial charge in [0.05, 0.1) is 22.4 Å². The SMILES string of the molecule is CC(C(=O)O)C(=O)Nc1c(Cl)ccc2nsnc12. The lowest BCUT2D eigenvalue weighted by Gasteiger charge is -2.09. The van der Waals surface area contributed by atoms with Gasteiger partial charge in [-0.05, 0) is 19.1 Å². The number of benzene rings is 1. The van der Waals surface area contributed by atoms with Crippen LogP contribution < -0.4 is 5.32 Å². The molecule has 0 saturated heterocycles. The summed E-state index contributed by atoms with van der Waals surface area (Å²) in [5.41, 5.74) is 1.35. The van der Waals surface area contributed by atoms with Crippen LogP contribution in [0.15, 0.2) is 12.1 Å². The van der Waals surface area contributed by atoms with Crippen molar-refractivity contribution in [3.8, 4) is 0 Å². The van der Waals surface area contributed by atoms with Gasteiger partial charge in [0.25, 0.3) is 0 Å². The van der Waals surface area contributed by atoms with E-state index in [-0.39, 0.29) is 0 Å². The molecule has 0 aliphatic carbocycles. The van der Waals surface area contributed by atoms with Gasteiger partial charge in [0.2, 0.25) is 5.91 Å². The van der Waals surface area contributed by atoms with Crippen LogP contribution in [-0.4, -0.2) is 25.7 Å². The normalized spacial score (nSPS) is 12.3. The summed E-state index contributed by atoms with van der Waals surface area (Å²) in [6.45, 7) is 1.30. The van der Waals surface area contributed by atoms with E-state index in [4.69, 9.17) is 16.7 Å². The first-order valence-corrected chi connectivity index (χ1v) is 6.06. The van der Waals surface area contributed by atoms with Gasteiger partial charge < -0.3 is 10.4 Å². The Morgan fingerprint density at radius 3 is 2.83 bits per heavy atom. The molecule has 18 heavy (non-hydrogen) atoms. The van der Waals surface area contributed by atoms with Crippen LogP contribution in [0.25, 0.3) is 11.0 Å². The second-order valence-electron chi connectivity index (χ2n) is 3.60. The molecule has 0 aliphatic rings. The van der Waals surface area contributed by atoms with E-state index in [0.717, 1.165) is 11.7 Å². The number of anilines is 1. The maximum atomic E-state index is 11.7. The van der Waals surface area contributed by atoms with Crippen LogP contribution in [0.2, 0.25) is 5.02 Å². The molecule has 2 aromatic rings. The molecule has 94 valence electrons. The lowest BCUT2D eigenvalue weighted by molar-refractivity contribution is -0.144. The molecule has 1 aromatic heterocycles. The number of nitrogens with zero attached hydrogens (tertiary/aromatic N) is 2. The van der Waals surface area contributed by atoms with Gasteiger partial charge in [-0.15, -0.1) is 0 Å². The fourth-order valence-corrected chi connectivity index (χ4v) is 2.03. The first-order valence-electron chi connectivity index (χ1n) is 4.95. The van der Waals surface area contributed by atoms with Gasteiger partial charge in [0, 0.05) is 0 Å². The summed E-state index contributed by atoms with van der Waals surface area (Å²) in [6, 6.07) is 3.25. The van der Waals surface area contributed by atoms with Crippen LogP contribution in [-0.2, 0) is 9.59 Å². The average Bonchev–Trinajstić information content (AvgIpc) is 2.79. The summed E-state index contributed by atoms with van der Waals surface area (Å²) >= 11 is 6.95. The van der Waals surface area contributed by atoms with Gasteiger partial charge in [0.1, 0.15) is 17.0 Å². The van der Waals surface area contributed by atoms with Crippen molar-refractivity contribution in [2.24, 2.45) is 5.92 Å². The molecule has 1 amide bonds. The van der Waals surface area contributed by atoms with Gasteiger partial charge in [-0.2, -0.15) is 8.75 Å². The number of halogens is 1. The molecule has 1 heterocycles. The highest BCUT2D eigenvalue weighted by Gasteiger charge is 2.22. The van der Waals surface area contributed by atoms with E-state index in [1.807, 2.05) is 0 Å². The number of carbonyl (C=O) groups excluding carboxylic acids is 1. The molecule has 0 saturated carbocycles. The minimum Gasteiger partial charge on any atom is -0.481 e. The highest BCUT2D eigenvalue weighted by Crippen LogP contribution is 2.30. The average molecular weight is 286 g/mol. The summed E-state index contributed by atoms with van der Waals surface area (Å²) in [5, 5.41) is 11.5. The molecule has 0 aliphatic heterocycles. The highest BCUT2D eigenvalue weighted by molar-refractivity contribution is 7.00. The van der Waals surface area contributed by atoms with Crippen molar-refractivity contribution in [2.75, 3.05) is 5.32 Å². The Kier molecular flexibility index (Phi) is 3.44. The van der Waals surface area contributed by atoms with Gasteiger partial charge in [-0.25, -0.2) is 0 Å². The van der Waals surface area contributed by atoms with Crippen LogP contribution in [0.4, 0.5) is 5.69 Å². The Balaban J connectivity index is 2.37. The first-order chi connectivity index (χ1) is 8.50. The molecule has 8 heteroatoms. The van der Waals surface area contributed by atoms with Gasteiger partial charge in [-0.1, -0.05) is 11.6 Å². The van der Waals surface area contributed by atoms with Crippen LogP contribution in [0.5, 0.6) is 0 Å². The number of aliphatic carboxylic acids is 1. The highest BCUT2D eigenvalue weighted by atomic mass is 35.5. The predicted molar refractivity (Wildman–Crippen MR) is 67.9 cm³/mol. The minimum atomic E-state index is -1.20. The van der Waals surface area contributed by atoms with Crippen LogP contribution in [0.1, 0.15) is 6.92 Å². The molecule has 6 nitrogen and oxygen atoms in total. The molecule has 1 unspecified atom stereocenters. The van der Waals surface area contributed by atoms with E-state index >= 15 is 0 Å². The quantitative estimate of drug-likeness (QED) is 0.842. The van der Waals surface area contributed by atoms with Gasteiger partial charge in [0.15, 0.2) is 0 Å². The Bertz CT molecular complexity index is 628. The molecule has 0 radical (unpaired) electrons. The van der Waals surface area contributed by atoms with Crippen molar-refractivity contribution in [3.05, 3.63) is 17.2 Å². The molecule has 0 bridgehead atoms. The van der Waals surface area contributed by atoms with E-state index < -0.39 is 17.8 Å². The second-order valence-corrected chi connectivity index (χ2v) is 4.54. The molecule has 2 rings (SSSR count). The van der Waals surface area contributed by atoms with Gasteiger partial charge in [-0.3, -0.25) is 9.59 Å². The minimum absolute atomic E-state index is 0.293. The Morgan fingerprint density at radius 1 is 1.44 bits per heavy atom. The topological polar surface area (TPSA) is 92.2 Å². The summed E-state index contributed by atoms with van der Waals surface area (Å²) < 4.78 is 8.03. The molecular formula is C10H8ClN3O3S. The number of hydrogen-bond donors (Lipinski definition) is 2. The van der Waals surface area contributed by atoms with E-state index in [1.54, 1.807) is 12.1 Å². The molecular weight excluding hydrogens is 278 g/mol. The number of nitrogens with one attached hydrogen (secondary N) is 1. The third kappa shape index (κ3) is 2.27. The fraction of sp³-hybridized carbons (Fsp3) is 0.200. The number of rotatable bonds is 3. The molecule has 1 aromatic carbocycles. The number of amides is 1. The van der Waals surface area contributed by atoms with Crippen molar-refractivity contribution >= 4 is 51.9 Å². The van der Waals surface area contributed by atoms with Crippen molar-refractivity contribution < 1.29 is 14.7 Å². The van der Waals surface area contributed by atoms with E-state index in [9.17, 15) is 9.59 Å². The number of aromatic nitrogens is 2. The van der Waals surface area contributed by atoms with Crippen molar-refractivity contribution in [1.29, 1.82) is 0 Å². The second kappa shape index (κ2) is 4.87. The maximum absolute atomic E-state index is 11.7. The molecule has 0 spiro atoms.